The summed E-state index contributed by atoms with van der Waals surface area (Å²) in [5, 5.41) is 15.3. The number of anilines is 1. The number of nitro benzene ring substituents is 1. The predicted molar refractivity (Wildman–Crippen MR) is 82.7 cm³/mol. The van der Waals surface area contributed by atoms with Crippen molar-refractivity contribution in [2.45, 2.75) is 25.9 Å². The number of nitrogens with zero attached hydrogens (tertiary/aromatic N) is 3. The minimum absolute atomic E-state index is 0.105. The summed E-state index contributed by atoms with van der Waals surface area (Å²) in [6.07, 6.45) is 1.76. The second kappa shape index (κ2) is 5.29. The summed E-state index contributed by atoms with van der Waals surface area (Å²) in [5.41, 5.74) is 1.91. The van der Waals surface area contributed by atoms with Gasteiger partial charge in [-0.25, -0.2) is 0 Å². The number of nitrogens with one attached hydrogen (secondary N) is 1. The van der Waals surface area contributed by atoms with Gasteiger partial charge < -0.3 is 10.2 Å². The molecule has 21 heavy (non-hydrogen) atoms. The van der Waals surface area contributed by atoms with Crippen molar-refractivity contribution in [1.82, 2.24) is 10.3 Å². The maximum absolute atomic E-state index is 11.0. The van der Waals surface area contributed by atoms with Crippen LogP contribution < -0.4 is 10.2 Å². The van der Waals surface area contributed by atoms with Crippen LogP contribution in [0.1, 0.15) is 13.8 Å². The highest BCUT2D eigenvalue weighted by Gasteiger charge is 2.23. The normalized spacial score (nSPS) is 22.5. The van der Waals surface area contributed by atoms with Gasteiger partial charge in [-0.1, -0.05) is 0 Å². The molecule has 0 radical (unpaired) electrons. The fourth-order valence-corrected chi connectivity index (χ4v) is 3.03. The number of fused-ring (bicyclic) bond motifs is 1. The Kier molecular flexibility index (Phi) is 3.47. The molecular weight excluding hydrogens is 268 g/mol. The first-order chi connectivity index (χ1) is 10.0. The van der Waals surface area contributed by atoms with E-state index in [9.17, 15) is 10.1 Å². The summed E-state index contributed by atoms with van der Waals surface area (Å²) in [5.74, 6) is 0. The van der Waals surface area contributed by atoms with Crippen molar-refractivity contribution in [2.75, 3.05) is 18.0 Å². The molecule has 1 aromatic carbocycles. The van der Waals surface area contributed by atoms with Crippen LogP contribution in [0.25, 0.3) is 10.9 Å². The van der Waals surface area contributed by atoms with Crippen LogP contribution in [0.4, 0.5) is 11.4 Å². The summed E-state index contributed by atoms with van der Waals surface area (Å²) < 4.78 is 0. The van der Waals surface area contributed by atoms with E-state index in [4.69, 9.17) is 0 Å². The maximum Gasteiger partial charge on any atom is 0.270 e. The van der Waals surface area contributed by atoms with E-state index in [1.807, 2.05) is 6.07 Å². The summed E-state index contributed by atoms with van der Waals surface area (Å²) in [4.78, 5) is 17.2. The molecule has 1 fully saturated rings. The minimum Gasteiger partial charge on any atom is -0.368 e. The molecule has 6 nitrogen and oxygen atoms in total. The molecule has 1 aromatic heterocycles. The minimum atomic E-state index is -0.362. The molecule has 1 saturated heterocycles. The quantitative estimate of drug-likeness (QED) is 0.677. The first-order valence-electron chi connectivity index (χ1n) is 7.09. The van der Waals surface area contributed by atoms with Gasteiger partial charge in [-0.05, 0) is 26.0 Å². The van der Waals surface area contributed by atoms with E-state index in [1.54, 1.807) is 18.3 Å². The molecule has 2 aromatic rings. The van der Waals surface area contributed by atoms with Gasteiger partial charge in [0.15, 0.2) is 0 Å². The topological polar surface area (TPSA) is 71.3 Å². The third-order valence-corrected chi connectivity index (χ3v) is 3.81. The molecule has 0 spiro atoms. The van der Waals surface area contributed by atoms with Crippen molar-refractivity contribution in [2.24, 2.45) is 0 Å². The zero-order valence-corrected chi connectivity index (χ0v) is 12.1. The molecule has 2 unspecified atom stereocenters. The monoisotopic (exact) mass is 286 g/mol. The number of nitro groups is 1. The molecule has 3 rings (SSSR count). The Balaban J connectivity index is 2.08. The first kappa shape index (κ1) is 13.8. The summed E-state index contributed by atoms with van der Waals surface area (Å²) in [6.45, 7) is 6.06. The van der Waals surface area contributed by atoms with Gasteiger partial charge in [0.2, 0.25) is 0 Å². The summed E-state index contributed by atoms with van der Waals surface area (Å²) >= 11 is 0. The molecule has 2 atom stereocenters. The van der Waals surface area contributed by atoms with Crippen LogP contribution in [0, 0.1) is 10.1 Å². The number of hydrogen-bond acceptors (Lipinski definition) is 5. The highest BCUT2D eigenvalue weighted by Crippen LogP contribution is 2.29. The van der Waals surface area contributed by atoms with Crippen LogP contribution in [0.3, 0.4) is 0 Å². The molecule has 0 saturated carbocycles. The zero-order chi connectivity index (χ0) is 15.0. The van der Waals surface area contributed by atoms with Crippen LogP contribution in [0.5, 0.6) is 0 Å². The number of pyridine rings is 1. The van der Waals surface area contributed by atoms with Gasteiger partial charge in [0.1, 0.15) is 0 Å². The van der Waals surface area contributed by atoms with Crippen molar-refractivity contribution in [3.8, 4) is 0 Å². The van der Waals surface area contributed by atoms with Crippen LogP contribution in [0.2, 0.25) is 0 Å². The Morgan fingerprint density at radius 1 is 1.29 bits per heavy atom. The molecule has 110 valence electrons. The Morgan fingerprint density at radius 3 is 2.67 bits per heavy atom. The lowest BCUT2D eigenvalue weighted by atomic mass is 10.1. The largest absolute Gasteiger partial charge is 0.368 e. The number of aromatic nitrogens is 1. The maximum atomic E-state index is 11.0. The third-order valence-electron chi connectivity index (χ3n) is 3.81. The SMILES string of the molecule is CC1CN(c2ccnc3ccc([N+](=O)[O-])cc23)CC(C)N1. The first-order valence-corrected chi connectivity index (χ1v) is 7.09. The van der Waals surface area contributed by atoms with Crippen LogP contribution in [-0.2, 0) is 0 Å². The molecule has 0 amide bonds. The molecule has 0 aliphatic carbocycles. The summed E-state index contributed by atoms with van der Waals surface area (Å²) in [7, 11) is 0. The Morgan fingerprint density at radius 2 is 2.00 bits per heavy atom. The van der Waals surface area contributed by atoms with Gasteiger partial charge in [0.25, 0.3) is 5.69 Å². The van der Waals surface area contributed by atoms with Crippen LogP contribution in [0.15, 0.2) is 30.5 Å². The van der Waals surface area contributed by atoms with E-state index in [0.29, 0.717) is 12.1 Å². The van der Waals surface area contributed by atoms with Gasteiger partial charge in [-0.15, -0.1) is 0 Å². The smallest absolute Gasteiger partial charge is 0.270 e. The van der Waals surface area contributed by atoms with E-state index < -0.39 is 0 Å². The standard InChI is InChI=1S/C15H18N4O2/c1-10-8-18(9-11(2)17-10)15-5-6-16-14-4-3-12(19(20)21)7-13(14)15/h3-7,10-11,17H,8-9H2,1-2H3. The third kappa shape index (κ3) is 2.67. The lowest BCUT2D eigenvalue weighted by Crippen LogP contribution is -2.54. The number of benzene rings is 1. The van der Waals surface area contributed by atoms with Crippen molar-refractivity contribution < 1.29 is 4.92 Å². The number of hydrogen-bond donors (Lipinski definition) is 1. The highest BCUT2D eigenvalue weighted by molar-refractivity contribution is 5.93. The van der Waals surface area contributed by atoms with E-state index >= 15 is 0 Å². The van der Waals surface area contributed by atoms with Crippen molar-refractivity contribution in [3.63, 3.8) is 0 Å². The molecule has 1 aliphatic rings. The van der Waals surface area contributed by atoms with Crippen LogP contribution in [-0.4, -0.2) is 35.1 Å². The van der Waals surface area contributed by atoms with E-state index in [0.717, 1.165) is 29.7 Å². The Hall–Kier alpha value is -2.21. The van der Waals surface area contributed by atoms with Crippen LogP contribution >= 0.6 is 0 Å². The van der Waals surface area contributed by atoms with Gasteiger partial charge in [-0.3, -0.25) is 15.1 Å². The van der Waals surface area contributed by atoms with E-state index in [2.05, 4.69) is 29.0 Å². The van der Waals surface area contributed by atoms with Crippen molar-refractivity contribution in [1.29, 1.82) is 0 Å². The molecule has 0 bridgehead atoms. The van der Waals surface area contributed by atoms with E-state index in [-0.39, 0.29) is 10.6 Å². The number of piperazine rings is 1. The van der Waals surface area contributed by atoms with Gasteiger partial charge in [0, 0.05) is 54.6 Å². The number of non-ortho nitro benzene ring substituents is 1. The average molecular weight is 286 g/mol. The Labute approximate surface area is 122 Å². The lowest BCUT2D eigenvalue weighted by molar-refractivity contribution is -0.384. The molecule has 6 heteroatoms. The molecular formula is C15H18N4O2. The predicted octanol–water partition coefficient (Wildman–Crippen LogP) is 2.33. The van der Waals surface area contributed by atoms with Gasteiger partial charge in [0.05, 0.1) is 10.4 Å². The van der Waals surface area contributed by atoms with Crippen molar-refractivity contribution >= 4 is 22.3 Å². The fourth-order valence-electron chi connectivity index (χ4n) is 3.03. The highest BCUT2D eigenvalue weighted by atomic mass is 16.6. The van der Waals surface area contributed by atoms with E-state index in [1.165, 1.54) is 6.07 Å². The number of rotatable bonds is 2. The summed E-state index contributed by atoms with van der Waals surface area (Å²) in [6, 6.07) is 7.55. The Bertz CT molecular complexity index is 678. The van der Waals surface area contributed by atoms with Gasteiger partial charge in [-0.2, -0.15) is 0 Å². The second-order valence-electron chi connectivity index (χ2n) is 5.66. The molecule has 1 aliphatic heterocycles. The zero-order valence-electron chi connectivity index (χ0n) is 12.1. The lowest BCUT2D eigenvalue weighted by Gasteiger charge is -2.38. The van der Waals surface area contributed by atoms with Gasteiger partial charge >= 0.3 is 0 Å². The second-order valence-corrected chi connectivity index (χ2v) is 5.66. The molecule has 2 heterocycles. The fraction of sp³-hybridized carbons (Fsp3) is 0.400. The van der Waals surface area contributed by atoms with Crippen molar-refractivity contribution in [3.05, 3.63) is 40.6 Å². The average Bonchev–Trinajstić information content (AvgIpc) is 2.45. The molecule has 1 N–H and O–H groups in total.